The Hall–Kier alpha value is -13.5. The molecule has 0 bridgehead atoms. The highest BCUT2D eigenvalue weighted by Gasteiger charge is 2.36. The van der Waals surface area contributed by atoms with E-state index in [2.05, 4.69) is 51.8 Å². The number of anilines is 2. The molecule has 0 unspecified atom stereocenters. The van der Waals surface area contributed by atoms with Crippen LogP contribution >= 0.6 is 11.3 Å². The molecule has 1 saturated carbocycles. The number of carbonyl (C=O) groups is 5. The van der Waals surface area contributed by atoms with Gasteiger partial charge in [-0.05, 0) is 122 Å². The number of amides is 3. The van der Waals surface area contributed by atoms with E-state index in [-0.39, 0.29) is 54.0 Å². The lowest BCUT2D eigenvalue weighted by atomic mass is 9.83. The van der Waals surface area contributed by atoms with Crippen LogP contribution in [-0.2, 0) is 43.4 Å². The van der Waals surface area contributed by atoms with Crippen LogP contribution in [0, 0.1) is 0 Å². The summed E-state index contributed by atoms with van der Waals surface area (Å²) >= 11 is 1.64. The Bertz CT molecular complexity index is 5570. The van der Waals surface area contributed by atoms with E-state index in [1.807, 2.05) is 149 Å². The number of nitrogens with two attached hydrogens (primary N) is 2. The van der Waals surface area contributed by atoms with Crippen LogP contribution in [0.25, 0.3) is 61.6 Å². The summed E-state index contributed by atoms with van der Waals surface area (Å²) in [4.78, 5) is 94.1. The molecule has 116 heavy (non-hydrogen) atoms. The molecule has 0 radical (unpaired) electrons. The molecular weight excluding hydrogens is 1490 g/mol. The Morgan fingerprint density at radius 2 is 1.28 bits per heavy atom. The number of nitrogen functional groups attached to an aromatic ring is 1. The minimum absolute atomic E-state index is 0.0235. The first-order chi connectivity index (χ1) is 56.5. The Kier molecular flexibility index (Phi) is 28.5. The third kappa shape index (κ3) is 21.6. The van der Waals surface area contributed by atoms with E-state index in [4.69, 9.17) is 45.7 Å². The van der Waals surface area contributed by atoms with Crippen molar-refractivity contribution in [1.82, 2.24) is 59.3 Å². The number of benzene rings is 7. The lowest BCUT2D eigenvalue weighted by Gasteiger charge is -2.30. The lowest BCUT2D eigenvalue weighted by Crippen LogP contribution is -2.43. The number of carbonyl (C=O) groups excluding carboxylic acids is 5. The second kappa shape index (κ2) is 40.3. The van der Waals surface area contributed by atoms with Crippen molar-refractivity contribution < 1.29 is 53.5 Å². The van der Waals surface area contributed by atoms with Gasteiger partial charge < -0.3 is 66.4 Å². The molecule has 594 valence electrons. The summed E-state index contributed by atoms with van der Waals surface area (Å²) in [5.41, 5.74) is 24.7. The second-order valence-electron chi connectivity index (χ2n) is 27.3. The molecule has 2 fully saturated rings. The van der Waals surface area contributed by atoms with Crippen LogP contribution < -0.4 is 27.4 Å². The third-order valence-corrected chi connectivity index (χ3v) is 20.0. The molecule has 0 spiro atoms. The molecule has 8 heterocycles. The van der Waals surface area contributed by atoms with Gasteiger partial charge in [-0.3, -0.25) is 33.7 Å². The molecule has 27 heteroatoms. The molecule has 10 N–H and O–H groups in total. The zero-order valence-electron chi connectivity index (χ0n) is 64.5. The van der Waals surface area contributed by atoms with Crippen LogP contribution in [0.4, 0.5) is 11.5 Å². The van der Waals surface area contributed by atoms with Crippen LogP contribution in [-0.4, -0.2) is 153 Å². The quantitative estimate of drug-likeness (QED) is 0.0188. The summed E-state index contributed by atoms with van der Waals surface area (Å²) < 4.78 is 19.8. The SMILES string of the molecule is CCOC(=O)C1=CN(Cc2ccccc2)C=C(C(=O)OCC)C1c1ccccc1.COCCCn1c(N)c(C(=O)NC2CCCC2)c2nc3ccccc3nc21.NC(=O)c1cccnc1.O=C(Nc1ccccc1-c1cn2c(CN3CCNCC3)csc2n1)c1cnc2ccccc2n1.Oc1ccc(/C=C/c2cc(O)cc(O)c2)cc1. The first kappa shape index (κ1) is 82.0. The van der Waals surface area contributed by atoms with Gasteiger partial charge in [0.1, 0.15) is 39.8 Å². The van der Waals surface area contributed by atoms with Gasteiger partial charge >= 0.3 is 11.9 Å². The first-order valence-corrected chi connectivity index (χ1v) is 39.1. The van der Waals surface area contributed by atoms with E-state index in [0.29, 0.717) is 75.7 Å². The van der Waals surface area contributed by atoms with Crippen LogP contribution in [0.1, 0.15) is 111 Å². The van der Waals surface area contributed by atoms with E-state index in [0.717, 1.165) is 114 Å². The smallest absolute Gasteiger partial charge is 0.336 e. The number of imidazole rings is 1. The van der Waals surface area contributed by atoms with Crippen molar-refractivity contribution in [3.05, 3.63) is 287 Å². The summed E-state index contributed by atoms with van der Waals surface area (Å²) in [6.45, 7) is 10.9. The van der Waals surface area contributed by atoms with Crippen molar-refractivity contribution in [3.63, 3.8) is 0 Å². The number of thiazole rings is 1. The Balaban J connectivity index is 0.000000140. The Morgan fingerprint density at radius 3 is 1.91 bits per heavy atom. The number of phenols is 3. The van der Waals surface area contributed by atoms with Gasteiger partial charge in [0.2, 0.25) is 5.91 Å². The number of phenolic OH excluding ortho intramolecular Hbond substituents is 3. The number of rotatable bonds is 21. The molecule has 2 aliphatic heterocycles. The number of methoxy groups -OCH3 is 1. The van der Waals surface area contributed by atoms with Gasteiger partial charge in [0.15, 0.2) is 10.6 Å². The van der Waals surface area contributed by atoms with Crippen LogP contribution in [0.3, 0.4) is 0 Å². The molecule has 1 aliphatic carbocycles. The molecule has 7 aromatic carbocycles. The minimum Gasteiger partial charge on any atom is -0.508 e. The van der Waals surface area contributed by atoms with Gasteiger partial charge in [0.25, 0.3) is 11.8 Å². The molecule has 3 aliphatic rings. The first-order valence-electron chi connectivity index (χ1n) is 38.2. The van der Waals surface area contributed by atoms with Crippen molar-refractivity contribution in [2.24, 2.45) is 5.73 Å². The van der Waals surface area contributed by atoms with Crippen molar-refractivity contribution >= 4 is 103 Å². The van der Waals surface area contributed by atoms with Gasteiger partial charge in [-0.25, -0.2) is 29.5 Å². The van der Waals surface area contributed by atoms with Gasteiger partial charge in [-0.1, -0.05) is 140 Å². The summed E-state index contributed by atoms with van der Waals surface area (Å²) in [7, 11) is 1.67. The zero-order valence-corrected chi connectivity index (χ0v) is 65.3. The average molecular weight is 1580 g/mol. The number of pyridine rings is 1. The highest BCUT2D eigenvalue weighted by atomic mass is 32.1. The molecule has 6 aromatic heterocycles. The fourth-order valence-electron chi connectivity index (χ4n) is 13.5. The van der Waals surface area contributed by atoms with Gasteiger partial charge in [-0.2, -0.15) is 0 Å². The highest BCUT2D eigenvalue weighted by Crippen LogP contribution is 2.39. The maximum absolute atomic E-state index is 13.0. The third-order valence-electron chi connectivity index (χ3n) is 19.1. The number of piperazine rings is 1. The summed E-state index contributed by atoms with van der Waals surface area (Å²) in [6, 6.07) is 56.9. The number of hydrogen-bond donors (Lipinski definition) is 8. The van der Waals surface area contributed by atoms with E-state index in [1.165, 1.54) is 24.2 Å². The molecule has 16 rings (SSSR count). The zero-order chi connectivity index (χ0) is 81.3. The number of aromatic hydroxyl groups is 3. The number of aryl methyl sites for hydroxylation is 1. The largest absolute Gasteiger partial charge is 0.508 e. The number of nitrogens with zero attached hydrogens (tertiary/aromatic N) is 10. The van der Waals surface area contributed by atoms with Gasteiger partial charge in [-0.15, -0.1) is 11.3 Å². The minimum atomic E-state index is -0.540. The predicted octanol–water partition coefficient (Wildman–Crippen LogP) is 13.9. The topological polar surface area (TPSA) is 355 Å². The van der Waals surface area contributed by atoms with Crippen molar-refractivity contribution in [2.45, 2.75) is 77.5 Å². The van der Waals surface area contributed by atoms with E-state index < -0.39 is 23.8 Å². The normalized spacial score (nSPS) is 13.6. The summed E-state index contributed by atoms with van der Waals surface area (Å²) in [6.07, 6.45) is 18.9. The van der Waals surface area contributed by atoms with Crippen LogP contribution in [0.5, 0.6) is 17.2 Å². The fraction of sp³-hybridized carbons (Fsp3) is 0.225. The maximum Gasteiger partial charge on any atom is 0.336 e. The van der Waals surface area contributed by atoms with E-state index >= 15 is 0 Å². The van der Waals surface area contributed by atoms with Crippen LogP contribution in [0.15, 0.2) is 242 Å². The number of aromatic nitrogens is 8. The standard InChI is InChI=1S/C25H23N7OS.C24H25NO4.C20H25N5O2.C14H12O3.C6H6N2O/c33-24(22-13-27-20-7-3-4-8-21(20)28-22)29-19-6-2-1-5-18(19)23-15-32-17(16-34-25(32)30-23)14-31-11-9-26-10-12-31;1-3-28-23(26)20-16-25(15-18-11-7-5-8-12-18)17-21(24(27)29-4-2)22(20)19-13-9-6-10-14-19;1-27-12-6-11-25-18(21)16(20(26)22-13-7-2-3-8-13)17-19(25)24-15-10-5-4-9-14(15)23-17;15-12-5-3-10(4-6-12)1-2-11-7-13(16)9-14(17)8-11;7-6(9)5-2-1-3-8-4-5/h1-8,13,15-16,26H,9-12,14H2,(H,29,33);5-14,16-17,22H,3-4,15H2,1-2H3;4-5,9-10,13H,2-3,6-8,11-12,21H2,1H3,(H,22,26);1-9,15-17H;1-4H,(H2,7,9)/b;;;2-1+;. The lowest BCUT2D eigenvalue weighted by molar-refractivity contribution is -0.139. The maximum atomic E-state index is 13.0. The monoisotopic (exact) mass is 1580 g/mol. The highest BCUT2D eigenvalue weighted by molar-refractivity contribution is 7.15. The number of fused-ring (bicyclic) bond motifs is 4. The summed E-state index contributed by atoms with van der Waals surface area (Å²) in [5.74, 6) is -1.62. The van der Waals surface area contributed by atoms with E-state index in [9.17, 15) is 34.2 Å². The number of hydrogen-bond acceptors (Lipinski definition) is 22. The van der Waals surface area contributed by atoms with Gasteiger partial charge in [0, 0.05) is 119 Å². The number of ether oxygens (including phenoxy) is 3. The van der Waals surface area contributed by atoms with E-state index in [1.54, 1.807) is 105 Å². The Labute approximate surface area is 674 Å². The number of nitrogens with one attached hydrogen (secondary N) is 3. The second-order valence-corrected chi connectivity index (χ2v) is 28.1. The molecule has 3 amide bonds. The number of para-hydroxylation sites is 5. The molecular formula is C89H91N15O11S. The molecule has 26 nitrogen and oxygen atoms in total. The number of esters is 2. The average Bonchev–Trinajstić information content (AvgIpc) is 1.65. The fourth-order valence-corrected chi connectivity index (χ4v) is 14.3. The predicted molar refractivity (Wildman–Crippen MR) is 450 cm³/mol. The Morgan fingerprint density at radius 1 is 0.655 bits per heavy atom. The van der Waals surface area contributed by atoms with Crippen molar-refractivity contribution in [1.29, 1.82) is 0 Å². The number of primary amides is 1. The summed E-state index contributed by atoms with van der Waals surface area (Å²) in [5, 5.41) is 39.4. The van der Waals surface area contributed by atoms with Crippen LogP contribution in [0.2, 0.25) is 0 Å². The molecule has 1 saturated heterocycles. The van der Waals surface area contributed by atoms with Crippen molar-refractivity contribution in [2.75, 3.05) is 64.2 Å². The molecule has 0 atom stereocenters. The van der Waals surface area contributed by atoms with Crippen molar-refractivity contribution in [3.8, 4) is 28.5 Å². The van der Waals surface area contributed by atoms with Gasteiger partial charge in [0.05, 0.1) is 75.5 Å². The molecule has 13 aromatic rings.